The van der Waals surface area contributed by atoms with Gasteiger partial charge in [0.1, 0.15) is 6.33 Å². The van der Waals surface area contributed by atoms with Gasteiger partial charge in [-0.25, -0.2) is 9.97 Å². The number of aromatic nitrogens is 3. The molecule has 4 heteroatoms. The van der Waals surface area contributed by atoms with E-state index in [9.17, 15) is 0 Å². The zero-order valence-electron chi connectivity index (χ0n) is 12.2. The predicted molar refractivity (Wildman–Crippen MR) is 81.0 cm³/mol. The fraction of sp³-hybridized carbons (Fsp3) is 0.438. The predicted octanol–water partition coefficient (Wildman–Crippen LogP) is 4.14. The van der Waals surface area contributed by atoms with Crippen molar-refractivity contribution in [2.75, 3.05) is 5.32 Å². The zero-order chi connectivity index (χ0) is 14.1. The average molecular weight is 268 g/mol. The molecule has 4 bridgehead atoms. The van der Waals surface area contributed by atoms with Crippen LogP contribution in [0.2, 0.25) is 0 Å². The van der Waals surface area contributed by atoms with Crippen LogP contribution in [-0.2, 0) is 0 Å². The Morgan fingerprint density at radius 1 is 1.10 bits per heavy atom. The van der Waals surface area contributed by atoms with Crippen molar-refractivity contribution in [1.82, 2.24) is 15.0 Å². The number of nitrogens with zero attached hydrogens (tertiary/aromatic N) is 3. The summed E-state index contributed by atoms with van der Waals surface area (Å²) in [5.74, 6) is 2.63. The van der Waals surface area contributed by atoms with Gasteiger partial charge >= 0.3 is 0 Å². The second-order valence-corrected chi connectivity index (χ2v) is 5.93. The van der Waals surface area contributed by atoms with E-state index in [1.807, 2.05) is 0 Å². The van der Waals surface area contributed by atoms with Crippen molar-refractivity contribution in [1.29, 1.82) is 0 Å². The molecule has 1 unspecified atom stereocenters. The van der Waals surface area contributed by atoms with Gasteiger partial charge in [0, 0.05) is 11.3 Å². The first kappa shape index (κ1) is 13.0. The Bertz CT molecular complexity index is 622. The van der Waals surface area contributed by atoms with Crippen LogP contribution in [-0.4, -0.2) is 15.0 Å². The van der Waals surface area contributed by atoms with Crippen molar-refractivity contribution in [2.24, 2.45) is 5.92 Å². The van der Waals surface area contributed by atoms with Gasteiger partial charge in [-0.1, -0.05) is 27.2 Å². The Labute approximate surface area is 119 Å². The molecular weight excluding hydrogens is 248 g/mol. The van der Waals surface area contributed by atoms with Crippen molar-refractivity contribution in [3.63, 3.8) is 0 Å². The highest BCUT2D eigenvalue weighted by Gasteiger charge is 2.17. The van der Waals surface area contributed by atoms with E-state index in [2.05, 4.69) is 59.2 Å². The van der Waals surface area contributed by atoms with Crippen molar-refractivity contribution < 1.29 is 0 Å². The van der Waals surface area contributed by atoms with Crippen LogP contribution in [0.5, 0.6) is 0 Å². The summed E-state index contributed by atoms with van der Waals surface area (Å²) in [6, 6.07) is 6.40. The zero-order valence-corrected chi connectivity index (χ0v) is 12.2. The van der Waals surface area contributed by atoms with Gasteiger partial charge in [0.2, 0.25) is 5.95 Å². The molecule has 4 nitrogen and oxygen atoms in total. The van der Waals surface area contributed by atoms with Gasteiger partial charge in [-0.2, -0.15) is 4.98 Å². The molecule has 3 heterocycles. The molecule has 2 aromatic rings. The van der Waals surface area contributed by atoms with Crippen molar-refractivity contribution >= 4 is 11.6 Å². The molecule has 1 aromatic carbocycles. The molecule has 1 aromatic heterocycles. The third-order valence-corrected chi connectivity index (χ3v) is 3.84. The number of hydrogen-bond donors (Lipinski definition) is 1. The highest BCUT2D eigenvalue weighted by molar-refractivity contribution is 5.70. The molecule has 104 valence electrons. The highest BCUT2D eigenvalue weighted by Crippen LogP contribution is 2.35. The topological polar surface area (TPSA) is 50.7 Å². The van der Waals surface area contributed by atoms with E-state index in [1.54, 1.807) is 6.33 Å². The van der Waals surface area contributed by atoms with Gasteiger partial charge in [-0.3, -0.25) is 0 Å². The van der Waals surface area contributed by atoms with E-state index in [-0.39, 0.29) is 0 Å². The number of anilines is 2. The lowest BCUT2D eigenvalue weighted by Crippen LogP contribution is -2.08. The maximum atomic E-state index is 4.40. The number of rotatable bonds is 4. The van der Waals surface area contributed by atoms with E-state index in [4.69, 9.17) is 0 Å². The average Bonchev–Trinajstić information content (AvgIpc) is 2.44. The minimum absolute atomic E-state index is 0.517. The summed E-state index contributed by atoms with van der Waals surface area (Å²) in [5.41, 5.74) is 3.52. The molecule has 1 N–H and O–H groups in total. The van der Waals surface area contributed by atoms with Crippen LogP contribution < -0.4 is 5.32 Å². The lowest BCUT2D eigenvalue weighted by Gasteiger charge is -2.21. The van der Waals surface area contributed by atoms with E-state index in [1.165, 1.54) is 18.4 Å². The van der Waals surface area contributed by atoms with Gasteiger partial charge in [-0.05, 0) is 42.0 Å². The summed E-state index contributed by atoms with van der Waals surface area (Å²) in [7, 11) is 0. The standard InChI is InChI=1S/C16H20N4/c1-10(2)4-5-11(3)13-8-12-6-7-14(13)19-16-18-9-17-15(12)20-16/h6-11H,4-5H2,1-3H3,(H,17,18,19,20). The number of nitrogens with one attached hydrogen (secondary N) is 1. The van der Waals surface area contributed by atoms with Crippen LogP contribution >= 0.6 is 0 Å². The van der Waals surface area contributed by atoms with Gasteiger partial charge in [0.05, 0.1) is 0 Å². The van der Waals surface area contributed by atoms with E-state index in [0.29, 0.717) is 11.9 Å². The van der Waals surface area contributed by atoms with Gasteiger partial charge in [0.15, 0.2) is 5.82 Å². The Morgan fingerprint density at radius 2 is 1.95 bits per heavy atom. The Morgan fingerprint density at radius 3 is 2.75 bits per heavy atom. The van der Waals surface area contributed by atoms with Gasteiger partial charge < -0.3 is 5.32 Å². The SMILES string of the molecule is CC(C)CCC(C)c1cc2ccc1Nc1ncnc-2n1. The van der Waals surface area contributed by atoms with Gasteiger partial charge in [-0.15, -0.1) is 0 Å². The monoisotopic (exact) mass is 268 g/mol. The molecule has 0 saturated heterocycles. The minimum Gasteiger partial charge on any atom is -0.324 e. The summed E-state index contributed by atoms with van der Waals surface area (Å²) in [6.07, 6.45) is 3.99. The molecule has 0 radical (unpaired) electrons. The summed E-state index contributed by atoms with van der Waals surface area (Å²) in [6.45, 7) is 6.83. The van der Waals surface area contributed by atoms with Crippen molar-refractivity contribution in [2.45, 2.75) is 39.5 Å². The van der Waals surface area contributed by atoms with Crippen LogP contribution in [0.25, 0.3) is 11.4 Å². The normalized spacial score (nSPS) is 13.8. The van der Waals surface area contributed by atoms with Gasteiger partial charge in [0.25, 0.3) is 0 Å². The molecule has 2 aliphatic rings. The smallest absolute Gasteiger partial charge is 0.230 e. The first-order chi connectivity index (χ1) is 9.63. The third kappa shape index (κ3) is 2.50. The number of fused-ring (bicyclic) bond motifs is 2. The molecule has 0 amide bonds. The first-order valence-corrected chi connectivity index (χ1v) is 7.24. The largest absolute Gasteiger partial charge is 0.324 e. The number of benzene rings is 1. The molecule has 4 rings (SSSR count). The Balaban J connectivity index is 1.96. The van der Waals surface area contributed by atoms with Crippen LogP contribution in [0.15, 0.2) is 24.5 Å². The molecular formula is C16H20N4. The van der Waals surface area contributed by atoms with Crippen molar-refractivity contribution in [3.05, 3.63) is 30.1 Å². The quantitative estimate of drug-likeness (QED) is 0.772. The molecule has 0 spiro atoms. The minimum atomic E-state index is 0.517. The van der Waals surface area contributed by atoms with E-state index < -0.39 is 0 Å². The lowest BCUT2D eigenvalue weighted by atomic mass is 9.90. The summed E-state index contributed by atoms with van der Waals surface area (Å²) < 4.78 is 0. The Kier molecular flexibility index (Phi) is 3.38. The van der Waals surface area contributed by atoms with Crippen LogP contribution in [0, 0.1) is 5.92 Å². The molecule has 0 saturated carbocycles. The fourth-order valence-corrected chi connectivity index (χ4v) is 2.58. The molecule has 1 atom stereocenters. The molecule has 0 aliphatic carbocycles. The maximum absolute atomic E-state index is 4.40. The van der Waals surface area contributed by atoms with E-state index in [0.717, 1.165) is 23.0 Å². The number of hydrogen-bond acceptors (Lipinski definition) is 4. The van der Waals surface area contributed by atoms with E-state index >= 15 is 0 Å². The fourth-order valence-electron chi connectivity index (χ4n) is 2.58. The van der Waals surface area contributed by atoms with Crippen LogP contribution in [0.3, 0.4) is 0 Å². The van der Waals surface area contributed by atoms with Crippen molar-refractivity contribution in [3.8, 4) is 11.4 Å². The lowest BCUT2D eigenvalue weighted by molar-refractivity contribution is 0.517. The first-order valence-electron chi connectivity index (χ1n) is 7.24. The highest BCUT2D eigenvalue weighted by atomic mass is 15.1. The summed E-state index contributed by atoms with van der Waals surface area (Å²) >= 11 is 0. The van der Waals surface area contributed by atoms with Crippen LogP contribution in [0.1, 0.15) is 45.1 Å². The second-order valence-electron chi connectivity index (χ2n) is 5.93. The molecule has 20 heavy (non-hydrogen) atoms. The Hall–Kier alpha value is -1.97. The maximum Gasteiger partial charge on any atom is 0.230 e. The van der Waals surface area contributed by atoms with Crippen LogP contribution in [0.4, 0.5) is 11.6 Å². The summed E-state index contributed by atoms with van der Waals surface area (Å²) in [4.78, 5) is 12.8. The second kappa shape index (κ2) is 5.19. The summed E-state index contributed by atoms with van der Waals surface area (Å²) in [5, 5.41) is 3.31. The molecule has 2 aliphatic heterocycles. The third-order valence-electron chi connectivity index (χ3n) is 3.84. The molecule has 0 fully saturated rings.